The van der Waals surface area contributed by atoms with Gasteiger partial charge in [0.1, 0.15) is 5.01 Å². The van der Waals surface area contributed by atoms with Crippen molar-refractivity contribution in [3.8, 4) is 0 Å². The van der Waals surface area contributed by atoms with E-state index >= 15 is 0 Å². The van der Waals surface area contributed by atoms with E-state index in [0.29, 0.717) is 0 Å². The molecular weight excluding hydrogens is 222 g/mol. The predicted molar refractivity (Wildman–Crippen MR) is 66.6 cm³/mol. The monoisotopic (exact) mass is 241 g/mol. The maximum Gasteiger partial charge on any atom is 0.318 e. The Labute approximate surface area is 101 Å². The number of rotatable bonds is 4. The van der Waals surface area contributed by atoms with Crippen LogP contribution in [0.15, 0.2) is 11.6 Å². The lowest BCUT2D eigenvalue weighted by Crippen LogP contribution is -2.48. The molecule has 0 radical (unpaired) electrons. The van der Waals surface area contributed by atoms with E-state index in [1.807, 2.05) is 33.1 Å². The van der Waals surface area contributed by atoms with Gasteiger partial charge in [-0.15, -0.1) is 11.3 Å². The highest BCUT2D eigenvalue weighted by atomic mass is 32.1. The fraction of sp³-hybridized carbons (Fsp3) is 0.636. The van der Waals surface area contributed by atoms with E-state index in [0.717, 1.165) is 18.1 Å². The molecule has 4 nitrogen and oxygen atoms in total. The summed E-state index contributed by atoms with van der Waals surface area (Å²) in [6.45, 7) is 9.31. The van der Waals surface area contributed by atoms with Gasteiger partial charge in [-0.2, -0.15) is 0 Å². The maximum absolute atomic E-state index is 11.9. The predicted octanol–water partition coefficient (Wildman–Crippen LogP) is 2.43. The molecule has 0 saturated heterocycles. The van der Waals surface area contributed by atoms with Crippen molar-refractivity contribution in [1.82, 2.24) is 15.2 Å². The molecule has 0 unspecified atom stereocenters. The van der Waals surface area contributed by atoms with Gasteiger partial charge in [0.25, 0.3) is 0 Å². The van der Waals surface area contributed by atoms with E-state index < -0.39 is 5.54 Å². The Kier molecular flexibility index (Phi) is 4.29. The van der Waals surface area contributed by atoms with E-state index in [-0.39, 0.29) is 6.03 Å². The van der Waals surface area contributed by atoms with Gasteiger partial charge < -0.3 is 10.2 Å². The Hall–Kier alpha value is -1.10. The van der Waals surface area contributed by atoms with Gasteiger partial charge in [0.15, 0.2) is 0 Å². The number of hydrogen-bond donors (Lipinski definition) is 1. The van der Waals surface area contributed by atoms with E-state index in [2.05, 4.69) is 10.3 Å². The molecule has 0 atom stereocenters. The molecule has 1 aromatic heterocycles. The molecule has 2 amide bonds. The van der Waals surface area contributed by atoms with Crippen molar-refractivity contribution in [2.45, 2.75) is 33.2 Å². The topological polar surface area (TPSA) is 45.2 Å². The molecule has 0 bridgehead atoms. The van der Waals surface area contributed by atoms with Crippen LogP contribution in [0.4, 0.5) is 4.79 Å². The molecule has 0 spiro atoms. The average molecular weight is 241 g/mol. The van der Waals surface area contributed by atoms with Gasteiger partial charge in [0, 0.05) is 24.7 Å². The molecule has 0 aromatic carbocycles. The molecule has 90 valence electrons. The normalized spacial score (nSPS) is 11.2. The zero-order chi connectivity index (χ0) is 12.2. The zero-order valence-corrected chi connectivity index (χ0v) is 11.1. The fourth-order valence-corrected chi connectivity index (χ4v) is 2.16. The average Bonchev–Trinajstić information content (AvgIpc) is 2.71. The van der Waals surface area contributed by atoms with E-state index in [1.165, 1.54) is 0 Å². The minimum atomic E-state index is -0.409. The molecule has 0 aliphatic rings. The molecule has 0 aliphatic heterocycles. The van der Waals surface area contributed by atoms with Crippen molar-refractivity contribution < 1.29 is 4.79 Å². The van der Waals surface area contributed by atoms with Gasteiger partial charge >= 0.3 is 6.03 Å². The second-order valence-electron chi connectivity index (χ2n) is 4.06. The number of urea groups is 1. The van der Waals surface area contributed by atoms with Crippen molar-refractivity contribution in [3.63, 3.8) is 0 Å². The first-order valence-electron chi connectivity index (χ1n) is 5.48. The molecule has 1 aromatic rings. The molecule has 0 saturated carbocycles. The van der Waals surface area contributed by atoms with Gasteiger partial charge in [-0.25, -0.2) is 9.78 Å². The first-order chi connectivity index (χ1) is 7.51. The Morgan fingerprint density at radius 1 is 1.50 bits per heavy atom. The van der Waals surface area contributed by atoms with Crippen LogP contribution in [-0.2, 0) is 5.54 Å². The summed E-state index contributed by atoms with van der Waals surface area (Å²) in [6.07, 6.45) is 1.76. The lowest BCUT2D eigenvalue weighted by atomic mass is 10.1. The molecule has 16 heavy (non-hydrogen) atoms. The van der Waals surface area contributed by atoms with Gasteiger partial charge in [0.2, 0.25) is 0 Å². The Morgan fingerprint density at radius 2 is 2.12 bits per heavy atom. The number of aromatic nitrogens is 1. The van der Waals surface area contributed by atoms with E-state index in [4.69, 9.17) is 0 Å². The first-order valence-corrected chi connectivity index (χ1v) is 6.36. The van der Waals surface area contributed by atoms with Crippen LogP contribution in [0.1, 0.15) is 32.7 Å². The highest BCUT2D eigenvalue weighted by Gasteiger charge is 2.26. The van der Waals surface area contributed by atoms with Crippen molar-refractivity contribution in [2.24, 2.45) is 0 Å². The molecular formula is C11H19N3OS. The number of carbonyl (C=O) groups is 1. The molecule has 1 N–H and O–H groups in total. The van der Waals surface area contributed by atoms with Crippen LogP contribution in [0.25, 0.3) is 0 Å². The van der Waals surface area contributed by atoms with Crippen LogP contribution in [0.2, 0.25) is 0 Å². The number of nitrogens with zero attached hydrogens (tertiary/aromatic N) is 2. The lowest BCUT2D eigenvalue weighted by molar-refractivity contribution is 0.192. The lowest BCUT2D eigenvalue weighted by Gasteiger charge is -2.28. The maximum atomic E-state index is 11.9. The summed E-state index contributed by atoms with van der Waals surface area (Å²) in [6, 6.07) is -0.0369. The highest BCUT2D eigenvalue weighted by molar-refractivity contribution is 7.09. The number of nitrogens with one attached hydrogen (secondary N) is 1. The molecule has 0 aliphatic carbocycles. The van der Waals surface area contributed by atoms with Crippen molar-refractivity contribution in [1.29, 1.82) is 0 Å². The largest absolute Gasteiger partial charge is 0.327 e. The van der Waals surface area contributed by atoms with E-state index in [1.54, 1.807) is 22.4 Å². The second-order valence-corrected chi connectivity index (χ2v) is 4.96. The molecule has 1 heterocycles. The summed E-state index contributed by atoms with van der Waals surface area (Å²) >= 11 is 1.55. The van der Waals surface area contributed by atoms with Crippen LogP contribution >= 0.6 is 11.3 Å². The SMILES string of the molecule is CCN(CC)C(=O)NC(C)(C)c1nccs1. The van der Waals surface area contributed by atoms with Crippen LogP contribution in [-0.4, -0.2) is 29.0 Å². The standard InChI is InChI=1S/C11H19N3OS/c1-5-14(6-2)10(15)13-11(3,4)9-12-7-8-16-9/h7-8H,5-6H2,1-4H3,(H,13,15). The summed E-state index contributed by atoms with van der Waals surface area (Å²) in [5, 5.41) is 5.84. The number of carbonyl (C=O) groups excluding carboxylic acids is 1. The molecule has 5 heteroatoms. The summed E-state index contributed by atoms with van der Waals surface area (Å²) in [4.78, 5) is 17.9. The van der Waals surface area contributed by atoms with Gasteiger partial charge in [-0.05, 0) is 27.7 Å². The van der Waals surface area contributed by atoms with Crippen molar-refractivity contribution in [2.75, 3.05) is 13.1 Å². The van der Waals surface area contributed by atoms with Crippen LogP contribution in [0.5, 0.6) is 0 Å². The van der Waals surface area contributed by atoms with Crippen molar-refractivity contribution in [3.05, 3.63) is 16.6 Å². The minimum Gasteiger partial charge on any atom is -0.327 e. The zero-order valence-electron chi connectivity index (χ0n) is 10.3. The summed E-state index contributed by atoms with van der Waals surface area (Å²) < 4.78 is 0. The fourth-order valence-electron chi connectivity index (χ4n) is 1.44. The molecule has 0 fully saturated rings. The highest BCUT2D eigenvalue weighted by Crippen LogP contribution is 2.22. The summed E-state index contributed by atoms with van der Waals surface area (Å²) in [7, 11) is 0. The van der Waals surface area contributed by atoms with Gasteiger partial charge in [0.05, 0.1) is 5.54 Å². The number of hydrogen-bond acceptors (Lipinski definition) is 3. The van der Waals surface area contributed by atoms with Gasteiger partial charge in [-0.1, -0.05) is 0 Å². The summed E-state index contributed by atoms with van der Waals surface area (Å²) in [5.74, 6) is 0. The Balaban J connectivity index is 2.69. The van der Waals surface area contributed by atoms with Gasteiger partial charge in [-0.3, -0.25) is 0 Å². The number of thiazole rings is 1. The van der Waals surface area contributed by atoms with Crippen LogP contribution in [0, 0.1) is 0 Å². The number of amides is 2. The van der Waals surface area contributed by atoms with Crippen molar-refractivity contribution >= 4 is 17.4 Å². The first kappa shape index (κ1) is 13.0. The van der Waals surface area contributed by atoms with E-state index in [9.17, 15) is 4.79 Å². The summed E-state index contributed by atoms with van der Waals surface area (Å²) in [5.41, 5.74) is -0.409. The Bertz CT molecular complexity index is 331. The Morgan fingerprint density at radius 3 is 2.56 bits per heavy atom. The smallest absolute Gasteiger partial charge is 0.318 e. The van der Waals surface area contributed by atoms with Crippen LogP contribution < -0.4 is 5.32 Å². The van der Waals surface area contributed by atoms with Crippen LogP contribution in [0.3, 0.4) is 0 Å². The third-order valence-electron chi connectivity index (χ3n) is 2.44. The quantitative estimate of drug-likeness (QED) is 0.880. The molecule has 1 rings (SSSR count). The third-order valence-corrected chi connectivity index (χ3v) is 3.53. The minimum absolute atomic E-state index is 0.0369. The third kappa shape index (κ3) is 2.95. The second kappa shape index (κ2) is 5.30.